The minimum Gasteiger partial charge on any atom is -0.497 e. The van der Waals surface area contributed by atoms with Crippen molar-refractivity contribution in [2.75, 3.05) is 20.8 Å². The van der Waals surface area contributed by atoms with E-state index in [9.17, 15) is 14.7 Å². The number of rotatable bonds is 7. The van der Waals surface area contributed by atoms with Gasteiger partial charge in [0.15, 0.2) is 0 Å². The number of aromatic amines is 1. The quantitative estimate of drug-likeness (QED) is 0.510. The molecule has 1 aliphatic heterocycles. The van der Waals surface area contributed by atoms with Crippen molar-refractivity contribution in [1.82, 2.24) is 20.2 Å². The zero-order valence-electron chi connectivity index (χ0n) is 18.4. The molecule has 2 heterocycles. The molecule has 3 N–H and O–H groups in total. The zero-order valence-corrected chi connectivity index (χ0v) is 18.4. The third-order valence-corrected chi connectivity index (χ3v) is 5.80. The van der Waals surface area contributed by atoms with Gasteiger partial charge in [-0.05, 0) is 23.8 Å². The number of urea groups is 1. The lowest BCUT2D eigenvalue weighted by Gasteiger charge is -2.36. The number of nitrogens with one attached hydrogen (secondary N) is 2. The van der Waals surface area contributed by atoms with E-state index in [4.69, 9.17) is 9.47 Å². The Morgan fingerprint density at radius 2 is 2.00 bits per heavy atom. The predicted octanol–water partition coefficient (Wildman–Crippen LogP) is 2.78. The molecule has 0 unspecified atom stereocenters. The second kappa shape index (κ2) is 9.64. The summed E-state index contributed by atoms with van der Waals surface area (Å²) in [7, 11) is 3.13. The van der Waals surface area contributed by atoms with Crippen LogP contribution in [-0.4, -0.2) is 58.8 Å². The molecule has 0 radical (unpaired) electrons. The fourth-order valence-electron chi connectivity index (χ4n) is 4.15. The van der Waals surface area contributed by atoms with Crippen LogP contribution in [0.25, 0.3) is 0 Å². The number of carboxylic acid groups (broad SMARTS) is 1. The molecular weight excluding hydrogens is 424 g/mol. The lowest BCUT2D eigenvalue weighted by molar-refractivity contribution is -0.139. The van der Waals surface area contributed by atoms with Gasteiger partial charge < -0.3 is 29.8 Å². The molecular formula is C24H26N4O5. The van der Waals surface area contributed by atoms with Gasteiger partial charge in [-0.15, -0.1) is 0 Å². The van der Waals surface area contributed by atoms with Gasteiger partial charge in [0.1, 0.15) is 23.6 Å². The first-order valence-electron chi connectivity index (χ1n) is 10.6. The molecule has 0 spiro atoms. The summed E-state index contributed by atoms with van der Waals surface area (Å²) in [6.07, 6.45) is 2.35. The van der Waals surface area contributed by atoms with Crippen molar-refractivity contribution in [2.24, 2.45) is 0 Å². The summed E-state index contributed by atoms with van der Waals surface area (Å²) in [6, 6.07) is 12.4. The Kier molecular flexibility index (Phi) is 6.48. The number of nitrogens with zero attached hydrogens (tertiary/aromatic N) is 2. The molecule has 33 heavy (non-hydrogen) atoms. The van der Waals surface area contributed by atoms with Crippen molar-refractivity contribution < 1.29 is 24.2 Å². The van der Waals surface area contributed by atoms with Crippen LogP contribution in [0.2, 0.25) is 0 Å². The van der Waals surface area contributed by atoms with E-state index in [1.807, 2.05) is 36.4 Å². The number of imidazole rings is 1. The summed E-state index contributed by atoms with van der Waals surface area (Å²) in [5, 5.41) is 12.5. The van der Waals surface area contributed by atoms with Crippen molar-refractivity contribution in [3.63, 3.8) is 0 Å². The van der Waals surface area contributed by atoms with E-state index < -0.39 is 24.1 Å². The van der Waals surface area contributed by atoms with Crippen LogP contribution in [0, 0.1) is 0 Å². The normalized spacial score (nSPS) is 15.9. The predicted molar refractivity (Wildman–Crippen MR) is 120 cm³/mol. The molecule has 0 saturated heterocycles. The Hall–Kier alpha value is -4.01. The molecule has 9 nitrogen and oxygen atoms in total. The van der Waals surface area contributed by atoms with Crippen LogP contribution < -0.4 is 14.8 Å². The summed E-state index contributed by atoms with van der Waals surface area (Å²) < 4.78 is 11.0. The summed E-state index contributed by atoms with van der Waals surface area (Å²) in [4.78, 5) is 34.5. The summed E-state index contributed by atoms with van der Waals surface area (Å²) in [5.41, 5.74) is 3.14. The fraction of sp³-hybridized carbons (Fsp3) is 0.292. The molecule has 1 aromatic heterocycles. The number of aliphatic carboxylic acids is 1. The van der Waals surface area contributed by atoms with E-state index in [2.05, 4.69) is 15.3 Å². The number of carboxylic acids is 1. The molecule has 0 aliphatic carbocycles. The average Bonchev–Trinajstić information content (AvgIpc) is 3.32. The van der Waals surface area contributed by atoms with Gasteiger partial charge in [-0.25, -0.2) is 14.6 Å². The van der Waals surface area contributed by atoms with Gasteiger partial charge >= 0.3 is 12.0 Å². The Morgan fingerprint density at radius 3 is 2.70 bits per heavy atom. The third kappa shape index (κ3) is 4.62. The Morgan fingerprint density at radius 1 is 1.21 bits per heavy atom. The average molecular weight is 450 g/mol. The van der Waals surface area contributed by atoms with E-state index in [-0.39, 0.29) is 6.42 Å². The number of fused-ring (bicyclic) bond motifs is 1. The van der Waals surface area contributed by atoms with Crippen LogP contribution in [0.5, 0.6) is 11.5 Å². The van der Waals surface area contributed by atoms with Crippen LogP contribution in [-0.2, 0) is 17.6 Å². The SMILES string of the molecule is COc1ccc(OC)c([C@@H]2c3nc[nH]c3CCN2C(=O)N[C@@H](Cc2ccccc2)C(=O)O)c1. The Bertz CT molecular complexity index is 1130. The molecule has 3 aromatic rings. The number of carbonyl (C=O) groups is 2. The highest BCUT2D eigenvalue weighted by Crippen LogP contribution is 2.39. The number of hydrogen-bond donors (Lipinski definition) is 3. The largest absolute Gasteiger partial charge is 0.497 e. The van der Waals surface area contributed by atoms with E-state index in [1.54, 1.807) is 37.6 Å². The van der Waals surface area contributed by atoms with E-state index in [1.165, 1.54) is 0 Å². The van der Waals surface area contributed by atoms with Crippen LogP contribution in [0.4, 0.5) is 4.79 Å². The van der Waals surface area contributed by atoms with Gasteiger partial charge in [0.2, 0.25) is 0 Å². The molecule has 9 heteroatoms. The summed E-state index contributed by atoms with van der Waals surface area (Å²) >= 11 is 0. The highest BCUT2D eigenvalue weighted by Gasteiger charge is 2.37. The first-order valence-corrected chi connectivity index (χ1v) is 10.6. The number of benzene rings is 2. The molecule has 1 aliphatic rings. The highest BCUT2D eigenvalue weighted by molar-refractivity contribution is 5.83. The summed E-state index contributed by atoms with van der Waals surface area (Å²) in [5.74, 6) is 0.0926. The Balaban J connectivity index is 1.67. The van der Waals surface area contributed by atoms with Crippen molar-refractivity contribution in [2.45, 2.75) is 24.9 Å². The topological polar surface area (TPSA) is 117 Å². The third-order valence-electron chi connectivity index (χ3n) is 5.80. The number of hydrogen-bond acceptors (Lipinski definition) is 5. The second-order valence-corrected chi connectivity index (χ2v) is 7.75. The highest BCUT2D eigenvalue weighted by atomic mass is 16.5. The molecule has 0 fully saturated rings. The van der Waals surface area contributed by atoms with E-state index in [0.29, 0.717) is 35.7 Å². The van der Waals surface area contributed by atoms with Gasteiger partial charge in [0.25, 0.3) is 0 Å². The molecule has 2 aromatic carbocycles. The lowest BCUT2D eigenvalue weighted by atomic mass is 9.94. The first-order chi connectivity index (χ1) is 16.0. The fourth-order valence-corrected chi connectivity index (χ4v) is 4.15. The van der Waals surface area contributed by atoms with Gasteiger partial charge in [-0.1, -0.05) is 30.3 Å². The Labute approximate surface area is 191 Å². The maximum atomic E-state index is 13.4. The number of methoxy groups -OCH3 is 2. The maximum Gasteiger partial charge on any atom is 0.326 e. The lowest BCUT2D eigenvalue weighted by Crippen LogP contribution is -2.51. The van der Waals surface area contributed by atoms with E-state index in [0.717, 1.165) is 11.3 Å². The second-order valence-electron chi connectivity index (χ2n) is 7.75. The number of aromatic nitrogens is 2. The summed E-state index contributed by atoms with van der Waals surface area (Å²) in [6.45, 7) is 0.379. The first kappa shape index (κ1) is 22.2. The van der Waals surface area contributed by atoms with Crippen molar-refractivity contribution >= 4 is 12.0 Å². The molecule has 2 atom stereocenters. The van der Waals surface area contributed by atoms with E-state index >= 15 is 0 Å². The molecule has 172 valence electrons. The van der Waals surface area contributed by atoms with Crippen LogP contribution in [0.1, 0.15) is 28.6 Å². The molecule has 0 saturated carbocycles. The van der Waals surface area contributed by atoms with Crippen molar-refractivity contribution in [3.8, 4) is 11.5 Å². The molecule has 2 amide bonds. The number of H-pyrrole nitrogens is 1. The number of ether oxygens (including phenoxy) is 2. The smallest absolute Gasteiger partial charge is 0.326 e. The maximum absolute atomic E-state index is 13.4. The van der Waals surface area contributed by atoms with Gasteiger partial charge in [0, 0.05) is 30.6 Å². The monoisotopic (exact) mass is 450 g/mol. The van der Waals surface area contributed by atoms with Crippen LogP contribution >= 0.6 is 0 Å². The van der Waals surface area contributed by atoms with Crippen molar-refractivity contribution in [3.05, 3.63) is 77.4 Å². The minimum atomic E-state index is -1.10. The number of carbonyl (C=O) groups excluding carboxylic acids is 1. The molecule has 0 bridgehead atoms. The van der Waals surface area contributed by atoms with Gasteiger partial charge in [-0.3, -0.25) is 0 Å². The van der Waals surface area contributed by atoms with Gasteiger partial charge in [-0.2, -0.15) is 0 Å². The van der Waals surface area contributed by atoms with Gasteiger partial charge in [0.05, 0.1) is 26.2 Å². The molecule has 4 rings (SSSR count). The van der Waals surface area contributed by atoms with Crippen LogP contribution in [0.3, 0.4) is 0 Å². The van der Waals surface area contributed by atoms with Crippen LogP contribution in [0.15, 0.2) is 54.9 Å². The number of amides is 2. The van der Waals surface area contributed by atoms with Crippen molar-refractivity contribution in [1.29, 1.82) is 0 Å². The standard InChI is InChI=1S/C24H26N4O5/c1-32-16-8-9-20(33-2)17(13-16)22-21-18(25-14-26-21)10-11-28(22)24(31)27-19(23(29)30)12-15-6-4-3-5-7-15/h3-9,13-14,19,22H,10-12H2,1-2H3,(H,25,26)(H,27,31)(H,29,30)/t19-,22+/m0/s1. The zero-order chi connectivity index (χ0) is 23.4. The minimum absolute atomic E-state index is 0.177.